The molecule has 0 radical (unpaired) electrons. The van der Waals surface area contributed by atoms with Crippen molar-refractivity contribution >= 4 is 21.6 Å². The Morgan fingerprint density at radius 2 is 1.86 bits per heavy atom. The average Bonchev–Trinajstić information content (AvgIpc) is 3.22. The summed E-state index contributed by atoms with van der Waals surface area (Å²) < 4.78 is 33.4. The number of carbonyl (C=O) groups excluding carboxylic acids is 1. The Balaban J connectivity index is 1.73. The molecule has 1 saturated heterocycles. The first-order valence-electron chi connectivity index (χ1n) is 10.6. The lowest BCUT2D eigenvalue weighted by Gasteiger charge is -2.27. The maximum absolute atomic E-state index is 13.2. The van der Waals surface area contributed by atoms with Crippen LogP contribution in [0.5, 0.6) is 5.75 Å². The Morgan fingerprint density at radius 1 is 1.14 bits per heavy atom. The van der Waals surface area contributed by atoms with Crippen molar-refractivity contribution in [2.24, 2.45) is 5.92 Å². The summed E-state index contributed by atoms with van der Waals surface area (Å²) in [6.07, 6.45) is 9.16. The van der Waals surface area contributed by atoms with Crippen LogP contribution < -0.4 is 10.1 Å². The molecular formula is C21H32N2O4S. The zero-order valence-electron chi connectivity index (χ0n) is 16.8. The van der Waals surface area contributed by atoms with Crippen LogP contribution >= 0.6 is 0 Å². The molecule has 1 aliphatic heterocycles. The van der Waals surface area contributed by atoms with Gasteiger partial charge in [-0.1, -0.05) is 32.1 Å². The minimum absolute atomic E-state index is 0.0580. The van der Waals surface area contributed by atoms with Crippen LogP contribution in [0.15, 0.2) is 23.1 Å². The third kappa shape index (κ3) is 5.26. The van der Waals surface area contributed by atoms with Gasteiger partial charge in [-0.25, -0.2) is 8.42 Å². The molecule has 1 heterocycles. The molecule has 1 aromatic rings. The fourth-order valence-corrected chi connectivity index (χ4v) is 5.84. The lowest BCUT2D eigenvalue weighted by atomic mass is 10.0. The highest BCUT2D eigenvalue weighted by molar-refractivity contribution is 7.89. The van der Waals surface area contributed by atoms with Crippen molar-refractivity contribution in [2.45, 2.75) is 69.6 Å². The van der Waals surface area contributed by atoms with E-state index >= 15 is 0 Å². The number of hydrogen-bond acceptors (Lipinski definition) is 4. The van der Waals surface area contributed by atoms with Crippen molar-refractivity contribution in [3.8, 4) is 5.75 Å². The second kappa shape index (κ2) is 9.74. The fourth-order valence-electron chi connectivity index (χ4n) is 4.16. The van der Waals surface area contributed by atoms with E-state index in [1.165, 1.54) is 30.0 Å². The molecule has 1 saturated carbocycles. The number of amides is 1. The van der Waals surface area contributed by atoms with Crippen LogP contribution in [0, 0.1) is 5.92 Å². The summed E-state index contributed by atoms with van der Waals surface area (Å²) in [7, 11) is -3.64. The molecule has 2 aliphatic rings. The predicted octanol–water partition coefficient (Wildman–Crippen LogP) is 4.17. The van der Waals surface area contributed by atoms with Crippen LogP contribution in [0.4, 0.5) is 5.69 Å². The number of benzene rings is 1. The monoisotopic (exact) mass is 408 g/mol. The molecule has 2 fully saturated rings. The number of rotatable bonds is 8. The van der Waals surface area contributed by atoms with Gasteiger partial charge in [-0.05, 0) is 50.3 Å². The van der Waals surface area contributed by atoms with Crippen molar-refractivity contribution in [3.63, 3.8) is 0 Å². The summed E-state index contributed by atoms with van der Waals surface area (Å²) in [4.78, 5) is 12.5. The zero-order valence-corrected chi connectivity index (χ0v) is 17.6. The number of anilines is 1. The van der Waals surface area contributed by atoms with E-state index in [1.54, 1.807) is 18.2 Å². The Labute approximate surface area is 168 Å². The number of piperidine rings is 1. The molecule has 0 unspecified atom stereocenters. The first-order chi connectivity index (χ1) is 13.5. The van der Waals surface area contributed by atoms with Crippen LogP contribution in [0.25, 0.3) is 0 Å². The minimum atomic E-state index is -3.64. The van der Waals surface area contributed by atoms with Gasteiger partial charge in [-0.15, -0.1) is 0 Å². The summed E-state index contributed by atoms with van der Waals surface area (Å²) in [6, 6.07) is 4.91. The number of ether oxygens (including phenoxy) is 1. The van der Waals surface area contributed by atoms with E-state index in [0.717, 1.165) is 25.7 Å². The highest BCUT2D eigenvalue weighted by atomic mass is 32.2. The predicted molar refractivity (Wildman–Crippen MR) is 110 cm³/mol. The molecule has 1 aromatic carbocycles. The van der Waals surface area contributed by atoms with Gasteiger partial charge in [0.2, 0.25) is 15.9 Å². The molecule has 6 nitrogen and oxygen atoms in total. The number of hydrogen-bond donors (Lipinski definition) is 1. The van der Waals surface area contributed by atoms with Gasteiger partial charge in [-0.3, -0.25) is 4.79 Å². The number of nitrogens with zero attached hydrogens (tertiary/aromatic N) is 1. The van der Waals surface area contributed by atoms with E-state index in [4.69, 9.17) is 4.74 Å². The Hall–Kier alpha value is -1.60. The van der Waals surface area contributed by atoms with E-state index in [-0.39, 0.29) is 10.8 Å². The number of carbonyl (C=O) groups is 1. The zero-order chi connectivity index (χ0) is 20.0. The third-order valence-electron chi connectivity index (χ3n) is 5.71. The van der Waals surface area contributed by atoms with E-state index in [0.29, 0.717) is 43.5 Å². The van der Waals surface area contributed by atoms with Gasteiger partial charge in [0, 0.05) is 25.2 Å². The van der Waals surface area contributed by atoms with Gasteiger partial charge in [0.05, 0.1) is 6.61 Å². The molecule has 0 bridgehead atoms. The summed E-state index contributed by atoms with van der Waals surface area (Å²) in [5.74, 6) is 0.940. The molecule has 0 atom stereocenters. The Bertz CT molecular complexity index is 767. The molecule has 7 heteroatoms. The van der Waals surface area contributed by atoms with E-state index in [1.807, 2.05) is 6.92 Å². The highest BCUT2D eigenvalue weighted by Crippen LogP contribution is 2.32. The van der Waals surface area contributed by atoms with Crippen LogP contribution in [-0.4, -0.2) is 38.3 Å². The third-order valence-corrected chi connectivity index (χ3v) is 7.63. The molecule has 3 rings (SSSR count). The lowest BCUT2D eigenvalue weighted by Crippen LogP contribution is -2.35. The molecular weight excluding hydrogens is 376 g/mol. The Kier molecular flexibility index (Phi) is 7.35. The van der Waals surface area contributed by atoms with Gasteiger partial charge in [0.1, 0.15) is 10.6 Å². The summed E-state index contributed by atoms with van der Waals surface area (Å²) in [6.45, 7) is 3.28. The summed E-state index contributed by atoms with van der Waals surface area (Å²) in [5.41, 5.74) is 0.510. The van der Waals surface area contributed by atoms with Crippen molar-refractivity contribution in [2.75, 3.05) is 25.0 Å². The van der Waals surface area contributed by atoms with Gasteiger partial charge in [0.25, 0.3) is 0 Å². The molecule has 0 aromatic heterocycles. The van der Waals surface area contributed by atoms with Crippen molar-refractivity contribution < 1.29 is 17.9 Å². The average molecular weight is 409 g/mol. The summed E-state index contributed by atoms with van der Waals surface area (Å²) in [5, 5.41) is 2.87. The highest BCUT2D eigenvalue weighted by Gasteiger charge is 2.29. The van der Waals surface area contributed by atoms with Gasteiger partial charge in [-0.2, -0.15) is 4.31 Å². The maximum atomic E-state index is 13.2. The van der Waals surface area contributed by atoms with E-state index < -0.39 is 10.0 Å². The first-order valence-corrected chi connectivity index (χ1v) is 12.0. The quantitative estimate of drug-likeness (QED) is 0.700. The maximum Gasteiger partial charge on any atom is 0.246 e. The van der Waals surface area contributed by atoms with Gasteiger partial charge < -0.3 is 10.1 Å². The molecule has 0 spiro atoms. The molecule has 1 amide bonds. The van der Waals surface area contributed by atoms with Crippen LogP contribution in [-0.2, 0) is 14.8 Å². The SMILES string of the molecule is CCOc1ccc(NC(=O)CCC2CCCC2)cc1S(=O)(=O)N1CCCCC1. The summed E-state index contributed by atoms with van der Waals surface area (Å²) >= 11 is 0. The smallest absolute Gasteiger partial charge is 0.246 e. The van der Waals surface area contributed by atoms with Crippen LogP contribution in [0.1, 0.15) is 64.7 Å². The van der Waals surface area contributed by atoms with E-state index in [9.17, 15) is 13.2 Å². The van der Waals surface area contributed by atoms with E-state index in [2.05, 4.69) is 5.32 Å². The number of sulfonamides is 1. The topological polar surface area (TPSA) is 75.7 Å². The largest absolute Gasteiger partial charge is 0.492 e. The fraction of sp³-hybridized carbons (Fsp3) is 0.667. The normalized spacial score (nSPS) is 18.9. The van der Waals surface area contributed by atoms with Crippen molar-refractivity contribution in [1.82, 2.24) is 4.31 Å². The van der Waals surface area contributed by atoms with Crippen LogP contribution in [0.2, 0.25) is 0 Å². The second-order valence-electron chi connectivity index (χ2n) is 7.80. The lowest BCUT2D eigenvalue weighted by molar-refractivity contribution is -0.116. The van der Waals surface area contributed by atoms with Crippen molar-refractivity contribution in [3.05, 3.63) is 18.2 Å². The minimum Gasteiger partial charge on any atom is -0.492 e. The Morgan fingerprint density at radius 3 is 2.54 bits per heavy atom. The first kappa shape index (κ1) is 21.1. The molecule has 1 N–H and O–H groups in total. The van der Waals surface area contributed by atoms with Gasteiger partial charge >= 0.3 is 0 Å². The molecule has 28 heavy (non-hydrogen) atoms. The number of nitrogens with one attached hydrogen (secondary N) is 1. The molecule has 156 valence electrons. The second-order valence-corrected chi connectivity index (χ2v) is 9.70. The standard InChI is InChI=1S/C21H32N2O4S/c1-2-27-19-12-11-18(22-21(24)13-10-17-8-4-5-9-17)16-20(19)28(25,26)23-14-6-3-7-15-23/h11-12,16-17H,2-10,13-15H2,1H3,(H,22,24). The van der Waals surface area contributed by atoms with Gasteiger partial charge in [0.15, 0.2) is 0 Å². The molecule has 1 aliphatic carbocycles. The van der Waals surface area contributed by atoms with Crippen LogP contribution in [0.3, 0.4) is 0 Å². The van der Waals surface area contributed by atoms with Crippen molar-refractivity contribution in [1.29, 1.82) is 0 Å².